The van der Waals surface area contributed by atoms with Gasteiger partial charge in [0.1, 0.15) is 0 Å². The fraction of sp³-hybridized carbons (Fsp3) is 0.917. The summed E-state index contributed by atoms with van der Waals surface area (Å²) in [4.78, 5) is 22.0. The summed E-state index contributed by atoms with van der Waals surface area (Å²) in [5, 5.41) is 8.57. The Balaban J connectivity index is 3.11. The van der Waals surface area contributed by atoms with Crippen LogP contribution in [0.1, 0.15) is 135 Å². The second-order valence-electron chi connectivity index (χ2n) is 8.12. The van der Waals surface area contributed by atoms with Crippen LogP contribution in [0.15, 0.2) is 0 Å². The summed E-state index contributed by atoms with van der Waals surface area (Å²) >= 11 is 0. The zero-order valence-electron chi connectivity index (χ0n) is 18.5. The molecule has 0 heterocycles. The highest BCUT2D eigenvalue weighted by molar-refractivity contribution is 5.69. The maximum atomic E-state index is 11.6. The van der Waals surface area contributed by atoms with Crippen LogP contribution >= 0.6 is 0 Å². The van der Waals surface area contributed by atoms with E-state index in [1.807, 2.05) is 0 Å². The molecule has 0 saturated carbocycles. The van der Waals surface area contributed by atoms with Crippen molar-refractivity contribution in [2.24, 2.45) is 0 Å². The molecular weight excluding hydrogens is 352 g/mol. The summed E-state index contributed by atoms with van der Waals surface area (Å²) in [6, 6.07) is 0. The third kappa shape index (κ3) is 23.0. The van der Waals surface area contributed by atoms with Gasteiger partial charge in [-0.1, -0.05) is 103 Å². The van der Waals surface area contributed by atoms with E-state index < -0.39 is 5.97 Å². The van der Waals surface area contributed by atoms with Gasteiger partial charge in [-0.05, 0) is 19.3 Å². The highest BCUT2D eigenvalue weighted by atomic mass is 16.5. The number of aliphatic carboxylic acids is 1. The van der Waals surface area contributed by atoms with Crippen molar-refractivity contribution in [2.75, 3.05) is 6.61 Å². The van der Waals surface area contributed by atoms with Crippen LogP contribution in [0.4, 0.5) is 0 Å². The van der Waals surface area contributed by atoms with Crippen molar-refractivity contribution in [1.29, 1.82) is 0 Å². The lowest BCUT2D eigenvalue weighted by Gasteiger charge is -2.05. The number of carboxylic acids is 1. The van der Waals surface area contributed by atoms with Gasteiger partial charge < -0.3 is 9.84 Å². The van der Waals surface area contributed by atoms with E-state index in [0.29, 0.717) is 19.4 Å². The van der Waals surface area contributed by atoms with Gasteiger partial charge in [-0.3, -0.25) is 9.59 Å². The first-order valence-corrected chi connectivity index (χ1v) is 12.0. The normalized spacial score (nSPS) is 10.9. The van der Waals surface area contributed by atoms with Crippen molar-refractivity contribution in [2.45, 2.75) is 135 Å². The Morgan fingerprint density at radius 3 is 1.39 bits per heavy atom. The number of hydrogen-bond acceptors (Lipinski definition) is 3. The number of ether oxygens (including phenoxy) is 1. The molecule has 28 heavy (non-hydrogen) atoms. The van der Waals surface area contributed by atoms with Gasteiger partial charge in [0.25, 0.3) is 0 Å². The minimum absolute atomic E-state index is 0.0154. The minimum atomic E-state index is -0.671. The van der Waals surface area contributed by atoms with Crippen LogP contribution in [0.5, 0.6) is 0 Å². The van der Waals surface area contributed by atoms with Crippen molar-refractivity contribution in [3.63, 3.8) is 0 Å². The molecule has 166 valence electrons. The van der Waals surface area contributed by atoms with Gasteiger partial charge in [0.15, 0.2) is 0 Å². The number of rotatable bonds is 22. The van der Waals surface area contributed by atoms with Crippen molar-refractivity contribution in [3.05, 3.63) is 0 Å². The average molecular weight is 399 g/mol. The highest BCUT2D eigenvalue weighted by Crippen LogP contribution is 2.14. The summed E-state index contributed by atoms with van der Waals surface area (Å²) in [5.74, 6) is -0.686. The second kappa shape index (κ2) is 22.2. The molecule has 0 aliphatic heterocycles. The standard InChI is InChI=1S/C24H46O4/c1-2-3-4-19-22-28-24(27)21-18-16-14-12-10-8-6-5-7-9-11-13-15-17-20-23(25)26/h2-22H2,1H3,(H,25,26). The predicted octanol–water partition coefficient (Wildman–Crippen LogP) is 7.44. The quantitative estimate of drug-likeness (QED) is 0.152. The fourth-order valence-electron chi connectivity index (χ4n) is 3.45. The van der Waals surface area contributed by atoms with Gasteiger partial charge in [0.05, 0.1) is 6.61 Å². The first-order valence-electron chi connectivity index (χ1n) is 12.0. The molecule has 0 atom stereocenters. The number of carbonyl (C=O) groups excluding carboxylic acids is 1. The van der Waals surface area contributed by atoms with Gasteiger partial charge in [0.2, 0.25) is 0 Å². The Bertz CT molecular complexity index is 355. The molecule has 0 aromatic carbocycles. The molecule has 0 spiro atoms. The minimum Gasteiger partial charge on any atom is -0.481 e. The van der Waals surface area contributed by atoms with Crippen LogP contribution in [0.25, 0.3) is 0 Å². The SMILES string of the molecule is CCCCCCOC(=O)CCCCCCCCCCCCCCCCC(=O)O. The Labute approximate surface area is 173 Å². The van der Waals surface area contributed by atoms with Gasteiger partial charge in [-0.25, -0.2) is 0 Å². The molecule has 0 saturated heterocycles. The molecule has 0 aliphatic carbocycles. The van der Waals surface area contributed by atoms with Gasteiger partial charge >= 0.3 is 11.9 Å². The van der Waals surface area contributed by atoms with Crippen molar-refractivity contribution >= 4 is 11.9 Å². The summed E-state index contributed by atoms with van der Waals surface area (Å²) < 4.78 is 5.25. The molecule has 0 amide bonds. The summed E-state index contributed by atoms with van der Waals surface area (Å²) in [6.07, 6.45) is 22.4. The zero-order chi connectivity index (χ0) is 20.7. The summed E-state index contributed by atoms with van der Waals surface area (Å²) in [6.45, 7) is 2.78. The first kappa shape index (κ1) is 26.9. The van der Waals surface area contributed by atoms with Crippen LogP contribution in [-0.4, -0.2) is 23.7 Å². The molecule has 0 radical (unpaired) electrons. The van der Waals surface area contributed by atoms with E-state index in [2.05, 4.69) is 6.92 Å². The Hall–Kier alpha value is -1.06. The van der Waals surface area contributed by atoms with Crippen molar-refractivity contribution in [1.82, 2.24) is 0 Å². The molecule has 4 heteroatoms. The van der Waals surface area contributed by atoms with Crippen molar-refractivity contribution < 1.29 is 19.4 Å². The van der Waals surface area contributed by atoms with Crippen LogP contribution in [-0.2, 0) is 14.3 Å². The number of unbranched alkanes of at least 4 members (excludes halogenated alkanes) is 16. The number of esters is 1. The molecule has 0 bridgehead atoms. The van der Waals surface area contributed by atoms with E-state index in [1.165, 1.54) is 83.5 Å². The first-order chi connectivity index (χ1) is 13.7. The molecule has 0 aliphatic rings. The van der Waals surface area contributed by atoms with E-state index in [4.69, 9.17) is 9.84 Å². The maximum Gasteiger partial charge on any atom is 0.305 e. The lowest BCUT2D eigenvalue weighted by molar-refractivity contribution is -0.144. The molecule has 0 unspecified atom stereocenters. The van der Waals surface area contributed by atoms with E-state index in [0.717, 1.165) is 32.1 Å². The lowest BCUT2D eigenvalue weighted by atomic mass is 10.0. The Morgan fingerprint density at radius 1 is 0.571 bits per heavy atom. The Morgan fingerprint density at radius 2 is 0.964 bits per heavy atom. The predicted molar refractivity (Wildman–Crippen MR) is 117 cm³/mol. The van der Waals surface area contributed by atoms with Crippen molar-refractivity contribution in [3.8, 4) is 0 Å². The Kier molecular flexibility index (Phi) is 21.4. The van der Waals surface area contributed by atoms with E-state index >= 15 is 0 Å². The lowest BCUT2D eigenvalue weighted by Crippen LogP contribution is -2.05. The van der Waals surface area contributed by atoms with E-state index in [-0.39, 0.29) is 5.97 Å². The van der Waals surface area contributed by atoms with E-state index in [1.54, 1.807) is 0 Å². The molecule has 1 N–H and O–H groups in total. The topological polar surface area (TPSA) is 63.6 Å². The molecule has 0 rings (SSSR count). The molecular formula is C24H46O4. The molecule has 4 nitrogen and oxygen atoms in total. The summed E-state index contributed by atoms with van der Waals surface area (Å²) in [7, 11) is 0. The highest BCUT2D eigenvalue weighted by Gasteiger charge is 2.02. The number of carbonyl (C=O) groups is 2. The maximum absolute atomic E-state index is 11.6. The summed E-state index contributed by atoms with van der Waals surface area (Å²) in [5.41, 5.74) is 0. The third-order valence-corrected chi connectivity index (χ3v) is 5.28. The average Bonchev–Trinajstić information content (AvgIpc) is 2.67. The van der Waals surface area contributed by atoms with E-state index in [9.17, 15) is 9.59 Å². The zero-order valence-corrected chi connectivity index (χ0v) is 18.5. The largest absolute Gasteiger partial charge is 0.481 e. The molecule has 0 aromatic heterocycles. The van der Waals surface area contributed by atoms with Crippen LogP contribution in [0.2, 0.25) is 0 Å². The molecule has 0 fully saturated rings. The van der Waals surface area contributed by atoms with Gasteiger partial charge in [0, 0.05) is 12.8 Å². The number of carboxylic acid groups (broad SMARTS) is 1. The number of hydrogen-bond donors (Lipinski definition) is 1. The smallest absolute Gasteiger partial charge is 0.305 e. The van der Waals surface area contributed by atoms with Crippen LogP contribution in [0.3, 0.4) is 0 Å². The van der Waals surface area contributed by atoms with Gasteiger partial charge in [-0.15, -0.1) is 0 Å². The second-order valence-corrected chi connectivity index (χ2v) is 8.12. The van der Waals surface area contributed by atoms with Gasteiger partial charge in [-0.2, -0.15) is 0 Å². The van der Waals surface area contributed by atoms with Crippen LogP contribution < -0.4 is 0 Å². The monoisotopic (exact) mass is 398 g/mol. The van der Waals surface area contributed by atoms with Crippen LogP contribution in [0, 0.1) is 0 Å². The molecule has 0 aromatic rings. The third-order valence-electron chi connectivity index (χ3n) is 5.28. The fourth-order valence-corrected chi connectivity index (χ4v) is 3.45.